The highest BCUT2D eigenvalue weighted by atomic mass is 35.5. The van der Waals surface area contributed by atoms with Crippen LogP contribution in [0.25, 0.3) is 0 Å². The molecule has 0 N–H and O–H groups in total. The molecule has 0 unspecified atom stereocenters. The lowest BCUT2D eigenvalue weighted by Gasteiger charge is -2.33. The van der Waals surface area contributed by atoms with Crippen LogP contribution in [0.4, 0.5) is 5.69 Å². The topological polar surface area (TPSA) is 62.5 Å². The zero-order valence-electron chi connectivity index (χ0n) is 13.9. The third-order valence-corrected chi connectivity index (χ3v) is 4.11. The van der Waals surface area contributed by atoms with E-state index in [0.29, 0.717) is 42.3 Å². The van der Waals surface area contributed by atoms with E-state index in [9.17, 15) is 4.79 Å². The van der Waals surface area contributed by atoms with Crippen LogP contribution in [0.5, 0.6) is 0 Å². The molecule has 1 aromatic carbocycles. The summed E-state index contributed by atoms with van der Waals surface area (Å²) < 4.78 is 5.25. The second-order valence-electron chi connectivity index (χ2n) is 6.44. The van der Waals surface area contributed by atoms with Gasteiger partial charge in [-0.05, 0) is 24.1 Å². The molecule has 0 atom stereocenters. The van der Waals surface area contributed by atoms with E-state index in [4.69, 9.17) is 16.1 Å². The third-order valence-electron chi connectivity index (χ3n) is 3.88. The number of hydrogen-bond acceptors (Lipinski definition) is 5. The van der Waals surface area contributed by atoms with Crippen LogP contribution < -0.4 is 4.90 Å². The lowest BCUT2D eigenvalue weighted by atomic mass is 10.1. The molecule has 0 saturated carbocycles. The van der Waals surface area contributed by atoms with Gasteiger partial charge in [0, 0.05) is 30.2 Å². The summed E-state index contributed by atoms with van der Waals surface area (Å²) in [5.41, 5.74) is 0.839. The number of halogens is 1. The van der Waals surface area contributed by atoms with E-state index >= 15 is 0 Å². The largest absolute Gasteiger partial charge is 0.339 e. The second kappa shape index (κ2) is 7.32. The van der Waals surface area contributed by atoms with Crippen molar-refractivity contribution in [3.05, 3.63) is 41.0 Å². The fraction of sp³-hybridized carbons (Fsp3) is 0.471. The molecule has 2 heterocycles. The summed E-state index contributed by atoms with van der Waals surface area (Å²) in [6, 6.07) is 7.37. The Labute approximate surface area is 146 Å². The van der Waals surface area contributed by atoms with Gasteiger partial charge in [-0.15, -0.1) is 0 Å². The molecular formula is C17H21ClN4O2. The van der Waals surface area contributed by atoms with Gasteiger partial charge >= 0.3 is 0 Å². The third kappa shape index (κ3) is 4.13. The van der Waals surface area contributed by atoms with Crippen LogP contribution in [-0.4, -0.2) is 40.6 Å². The molecule has 6 nitrogen and oxygen atoms in total. The number of anilines is 1. The molecule has 1 aliphatic heterocycles. The number of rotatable bonds is 5. The molecule has 128 valence electrons. The van der Waals surface area contributed by atoms with Crippen molar-refractivity contribution in [3.8, 4) is 0 Å². The Morgan fingerprint density at radius 2 is 2.17 bits per heavy atom. The van der Waals surface area contributed by atoms with Crippen LogP contribution in [0.1, 0.15) is 25.6 Å². The summed E-state index contributed by atoms with van der Waals surface area (Å²) >= 11 is 6.01. The standard InChI is InChI=1S/C17H21ClN4O2/c1-12(2)8-16-19-15(20-24-16)10-21-6-7-22(17(23)11-21)14-5-3-4-13(18)9-14/h3-5,9,12H,6-8,10-11H2,1-2H3. The van der Waals surface area contributed by atoms with Crippen LogP contribution in [0, 0.1) is 5.92 Å². The van der Waals surface area contributed by atoms with Crippen LogP contribution in [-0.2, 0) is 17.8 Å². The number of nitrogens with zero attached hydrogens (tertiary/aromatic N) is 4. The molecular weight excluding hydrogens is 328 g/mol. The van der Waals surface area contributed by atoms with Crippen molar-refractivity contribution >= 4 is 23.2 Å². The van der Waals surface area contributed by atoms with Crippen molar-refractivity contribution < 1.29 is 9.32 Å². The fourth-order valence-electron chi connectivity index (χ4n) is 2.76. The van der Waals surface area contributed by atoms with Gasteiger partial charge in [0.05, 0.1) is 13.1 Å². The molecule has 0 bridgehead atoms. The van der Waals surface area contributed by atoms with Crippen molar-refractivity contribution in [1.82, 2.24) is 15.0 Å². The predicted octanol–water partition coefficient (Wildman–Crippen LogP) is 2.77. The zero-order valence-corrected chi connectivity index (χ0v) is 14.7. The zero-order chi connectivity index (χ0) is 17.1. The lowest BCUT2D eigenvalue weighted by Crippen LogP contribution is -2.50. The molecule has 1 aromatic heterocycles. The van der Waals surface area contributed by atoms with Gasteiger partial charge in [0.1, 0.15) is 0 Å². The molecule has 1 aliphatic rings. The summed E-state index contributed by atoms with van der Waals surface area (Å²) in [5, 5.41) is 4.64. The summed E-state index contributed by atoms with van der Waals surface area (Å²) in [5.74, 6) is 1.81. The van der Waals surface area contributed by atoms with E-state index < -0.39 is 0 Å². The van der Waals surface area contributed by atoms with Crippen molar-refractivity contribution in [2.45, 2.75) is 26.8 Å². The van der Waals surface area contributed by atoms with E-state index in [0.717, 1.165) is 18.7 Å². The van der Waals surface area contributed by atoms with E-state index in [1.54, 1.807) is 11.0 Å². The first kappa shape index (κ1) is 16.9. The fourth-order valence-corrected chi connectivity index (χ4v) is 2.94. The maximum absolute atomic E-state index is 12.4. The molecule has 1 fully saturated rings. The van der Waals surface area contributed by atoms with E-state index in [2.05, 4.69) is 24.0 Å². The first-order valence-corrected chi connectivity index (χ1v) is 8.49. The number of benzene rings is 1. The van der Waals surface area contributed by atoms with Gasteiger partial charge in [-0.1, -0.05) is 36.7 Å². The van der Waals surface area contributed by atoms with Crippen molar-refractivity contribution in [2.75, 3.05) is 24.5 Å². The van der Waals surface area contributed by atoms with Gasteiger partial charge in [0.15, 0.2) is 5.82 Å². The molecule has 24 heavy (non-hydrogen) atoms. The minimum Gasteiger partial charge on any atom is -0.339 e. The van der Waals surface area contributed by atoms with Gasteiger partial charge in [-0.2, -0.15) is 4.98 Å². The Kier molecular flexibility index (Phi) is 5.16. The monoisotopic (exact) mass is 348 g/mol. The van der Waals surface area contributed by atoms with Crippen LogP contribution in [0.15, 0.2) is 28.8 Å². The van der Waals surface area contributed by atoms with Gasteiger partial charge in [0.2, 0.25) is 11.8 Å². The number of aromatic nitrogens is 2. The second-order valence-corrected chi connectivity index (χ2v) is 6.87. The van der Waals surface area contributed by atoms with Gasteiger partial charge in [-0.25, -0.2) is 0 Å². The van der Waals surface area contributed by atoms with Gasteiger partial charge in [0.25, 0.3) is 0 Å². The average Bonchev–Trinajstić information content (AvgIpc) is 2.93. The Bertz CT molecular complexity index is 716. The molecule has 1 saturated heterocycles. The summed E-state index contributed by atoms with van der Waals surface area (Å²) in [4.78, 5) is 20.6. The Morgan fingerprint density at radius 1 is 1.33 bits per heavy atom. The average molecular weight is 349 g/mol. The normalized spacial score (nSPS) is 16.2. The number of hydrogen-bond donors (Lipinski definition) is 0. The molecule has 7 heteroatoms. The SMILES string of the molecule is CC(C)Cc1nc(CN2CCN(c3cccc(Cl)c3)C(=O)C2)no1. The first-order valence-electron chi connectivity index (χ1n) is 8.11. The molecule has 0 aliphatic carbocycles. The summed E-state index contributed by atoms with van der Waals surface area (Å²) in [6.45, 7) is 6.45. The molecule has 0 radical (unpaired) electrons. The molecule has 1 amide bonds. The molecule has 0 spiro atoms. The van der Waals surface area contributed by atoms with Crippen molar-refractivity contribution in [3.63, 3.8) is 0 Å². The van der Waals surface area contributed by atoms with E-state index in [1.807, 2.05) is 23.1 Å². The smallest absolute Gasteiger partial charge is 0.241 e. The number of carbonyl (C=O) groups excluding carboxylic acids is 1. The predicted molar refractivity (Wildman–Crippen MR) is 91.9 cm³/mol. The Balaban J connectivity index is 1.59. The van der Waals surface area contributed by atoms with E-state index in [1.165, 1.54) is 0 Å². The quantitative estimate of drug-likeness (QED) is 0.831. The van der Waals surface area contributed by atoms with Crippen LogP contribution in [0.2, 0.25) is 5.02 Å². The number of piperazine rings is 1. The first-order chi connectivity index (χ1) is 11.5. The highest BCUT2D eigenvalue weighted by Crippen LogP contribution is 2.21. The Hall–Kier alpha value is -1.92. The molecule has 3 rings (SSSR count). The lowest BCUT2D eigenvalue weighted by molar-refractivity contribution is -0.121. The maximum Gasteiger partial charge on any atom is 0.241 e. The summed E-state index contributed by atoms with van der Waals surface area (Å²) in [6.07, 6.45) is 0.772. The highest BCUT2D eigenvalue weighted by molar-refractivity contribution is 6.30. The summed E-state index contributed by atoms with van der Waals surface area (Å²) in [7, 11) is 0. The van der Waals surface area contributed by atoms with Gasteiger partial charge < -0.3 is 9.42 Å². The number of carbonyl (C=O) groups is 1. The van der Waals surface area contributed by atoms with Crippen molar-refractivity contribution in [1.29, 1.82) is 0 Å². The minimum absolute atomic E-state index is 0.0504. The maximum atomic E-state index is 12.4. The van der Waals surface area contributed by atoms with E-state index in [-0.39, 0.29) is 5.91 Å². The van der Waals surface area contributed by atoms with Crippen LogP contribution in [0.3, 0.4) is 0 Å². The molecule has 2 aromatic rings. The van der Waals surface area contributed by atoms with Crippen LogP contribution >= 0.6 is 11.6 Å². The number of amides is 1. The Morgan fingerprint density at radius 3 is 2.88 bits per heavy atom. The highest BCUT2D eigenvalue weighted by Gasteiger charge is 2.26. The van der Waals surface area contributed by atoms with Crippen molar-refractivity contribution in [2.24, 2.45) is 5.92 Å². The minimum atomic E-state index is 0.0504. The van der Waals surface area contributed by atoms with Gasteiger partial charge in [-0.3, -0.25) is 9.69 Å².